The fraction of sp³-hybridized carbons (Fsp3) is 0.467. The molecule has 2 amide bonds. The third-order valence-electron chi connectivity index (χ3n) is 3.74. The Morgan fingerprint density at radius 2 is 2.00 bits per heavy atom. The molecule has 21 heavy (non-hydrogen) atoms. The molecular formula is C15H19FN2O3. The van der Waals surface area contributed by atoms with Gasteiger partial charge in [-0.2, -0.15) is 0 Å². The zero-order chi connectivity index (χ0) is 15.6. The average molecular weight is 294 g/mol. The van der Waals surface area contributed by atoms with Gasteiger partial charge in [0.2, 0.25) is 0 Å². The van der Waals surface area contributed by atoms with Gasteiger partial charge < -0.3 is 15.3 Å². The van der Waals surface area contributed by atoms with Crippen molar-refractivity contribution < 1.29 is 19.1 Å². The van der Waals surface area contributed by atoms with Gasteiger partial charge >= 0.3 is 12.0 Å². The maximum absolute atomic E-state index is 13.5. The lowest BCUT2D eigenvalue weighted by Gasteiger charge is -2.22. The van der Waals surface area contributed by atoms with E-state index < -0.39 is 12.0 Å². The van der Waals surface area contributed by atoms with E-state index in [4.69, 9.17) is 5.11 Å². The number of carboxylic acids is 1. The van der Waals surface area contributed by atoms with E-state index in [1.165, 1.54) is 4.90 Å². The summed E-state index contributed by atoms with van der Waals surface area (Å²) in [4.78, 5) is 24.4. The van der Waals surface area contributed by atoms with E-state index in [1.807, 2.05) is 0 Å². The summed E-state index contributed by atoms with van der Waals surface area (Å²) in [7, 11) is 0. The topological polar surface area (TPSA) is 69.6 Å². The van der Waals surface area contributed by atoms with Gasteiger partial charge in [0.15, 0.2) is 0 Å². The van der Waals surface area contributed by atoms with Crippen LogP contribution >= 0.6 is 0 Å². The van der Waals surface area contributed by atoms with Crippen molar-refractivity contribution in [3.05, 3.63) is 34.6 Å². The highest BCUT2D eigenvalue weighted by Gasteiger charge is 2.33. The number of amides is 2. The Bertz CT molecular complexity index is 551. The van der Waals surface area contributed by atoms with Crippen molar-refractivity contribution in [2.24, 2.45) is 0 Å². The van der Waals surface area contributed by atoms with E-state index in [0.29, 0.717) is 30.5 Å². The Hall–Kier alpha value is -2.11. The maximum atomic E-state index is 13.5. The smallest absolute Gasteiger partial charge is 0.326 e. The standard InChI is InChI=1S/C15H19FN2O3/c1-9-6-11(7-10(2)13(9)16)8-17-15(21)18-5-3-4-12(18)14(19)20/h6-7,12H,3-5,8H2,1-2H3,(H,17,21)(H,19,20)/t12-/m1/s1. The molecule has 1 heterocycles. The van der Waals surface area contributed by atoms with Crippen LogP contribution in [0.2, 0.25) is 0 Å². The van der Waals surface area contributed by atoms with Crippen LogP contribution in [-0.2, 0) is 11.3 Å². The molecule has 0 spiro atoms. The number of nitrogens with zero attached hydrogens (tertiary/aromatic N) is 1. The number of hydrogen-bond donors (Lipinski definition) is 2. The number of benzene rings is 1. The summed E-state index contributed by atoms with van der Waals surface area (Å²) < 4.78 is 13.5. The minimum absolute atomic E-state index is 0.240. The van der Waals surface area contributed by atoms with Gasteiger partial charge in [0, 0.05) is 13.1 Å². The summed E-state index contributed by atoms with van der Waals surface area (Å²) in [6.45, 7) is 4.05. The van der Waals surface area contributed by atoms with Gasteiger partial charge in [-0.25, -0.2) is 14.0 Å². The van der Waals surface area contributed by atoms with Crippen LogP contribution in [0.3, 0.4) is 0 Å². The second-order valence-corrected chi connectivity index (χ2v) is 5.39. The molecule has 0 saturated carbocycles. The molecule has 1 aromatic rings. The molecule has 2 N–H and O–H groups in total. The first-order valence-corrected chi connectivity index (χ1v) is 6.93. The highest BCUT2D eigenvalue weighted by atomic mass is 19.1. The fourth-order valence-corrected chi connectivity index (χ4v) is 2.68. The first kappa shape index (κ1) is 15.3. The van der Waals surface area contributed by atoms with Crippen molar-refractivity contribution in [1.82, 2.24) is 10.2 Å². The van der Waals surface area contributed by atoms with Crippen LogP contribution in [0.25, 0.3) is 0 Å². The van der Waals surface area contributed by atoms with Crippen molar-refractivity contribution in [1.29, 1.82) is 0 Å². The average Bonchev–Trinajstić information content (AvgIpc) is 2.91. The van der Waals surface area contributed by atoms with Crippen LogP contribution in [0.4, 0.5) is 9.18 Å². The minimum Gasteiger partial charge on any atom is -0.480 e. The van der Waals surface area contributed by atoms with Crippen molar-refractivity contribution in [3.63, 3.8) is 0 Å². The summed E-state index contributed by atoms with van der Waals surface area (Å²) in [5.74, 6) is -1.22. The minimum atomic E-state index is -0.976. The van der Waals surface area contributed by atoms with Crippen LogP contribution in [0.1, 0.15) is 29.5 Å². The lowest BCUT2D eigenvalue weighted by molar-refractivity contribution is -0.141. The normalized spacial score (nSPS) is 17.9. The molecule has 0 aromatic heterocycles. The van der Waals surface area contributed by atoms with Crippen LogP contribution in [0.15, 0.2) is 12.1 Å². The van der Waals surface area contributed by atoms with Gasteiger partial charge in [-0.1, -0.05) is 12.1 Å². The maximum Gasteiger partial charge on any atom is 0.326 e. The number of halogens is 1. The van der Waals surface area contributed by atoms with Gasteiger partial charge in [0.05, 0.1) is 0 Å². The molecule has 0 radical (unpaired) electrons. The molecule has 1 aliphatic rings. The molecule has 0 aliphatic carbocycles. The molecular weight excluding hydrogens is 275 g/mol. The molecule has 6 heteroatoms. The van der Waals surface area contributed by atoms with Gasteiger partial charge in [-0.3, -0.25) is 0 Å². The number of rotatable bonds is 3. The van der Waals surface area contributed by atoms with E-state index in [2.05, 4.69) is 5.32 Å². The predicted octanol–water partition coefficient (Wildman–Crippen LogP) is 2.20. The number of nitrogens with one attached hydrogen (secondary N) is 1. The lowest BCUT2D eigenvalue weighted by atomic mass is 10.1. The molecule has 1 atom stereocenters. The van der Waals surface area contributed by atoms with Crippen molar-refractivity contribution >= 4 is 12.0 Å². The monoisotopic (exact) mass is 294 g/mol. The quantitative estimate of drug-likeness (QED) is 0.898. The van der Waals surface area contributed by atoms with E-state index in [0.717, 1.165) is 5.56 Å². The Morgan fingerprint density at radius 3 is 2.57 bits per heavy atom. The van der Waals surface area contributed by atoms with Crippen molar-refractivity contribution in [3.8, 4) is 0 Å². The molecule has 1 aliphatic heterocycles. The van der Waals surface area contributed by atoms with Crippen LogP contribution in [-0.4, -0.2) is 34.6 Å². The number of aryl methyl sites for hydroxylation is 2. The molecule has 2 rings (SSSR count). The summed E-state index contributed by atoms with van der Waals surface area (Å²) in [6.07, 6.45) is 1.18. The summed E-state index contributed by atoms with van der Waals surface area (Å²) >= 11 is 0. The van der Waals surface area contributed by atoms with Crippen molar-refractivity contribution in [2.45, 2.75) is 39.3 Å². The highest BCUT2D eigenvalue weighted by Crippen LogP contribution is 2.18. The van der Waals surface area contributed by atoms with Gasteiger partial charge in [0.25, 0.3) is 0 Å². The first-order valence-electron chi connectivity index (χ1n) is 6.93. The number of hydrogen-bond acceptors (Lipinski definition) is 2. The zero-order valence-corrected chi connectivity index (χ0v) is 12.1. The molecule has 0 bridgehead atoms. The Morgan fingerprint density at radius 1 is 1.38 bits per heavy atom. The van der Waals surface area contributed by atoms with Crippen molar-refractivity contribution in [2.75, 3.05) is 6.54 Å². The van der Waals surface area contributed by atoms with Crippen LogP contribution in [0, 0.1) is 19.7 Å². The fourth-order valence-electron chi connectivity index (χ4n) is 2.68. The van der Waals surface area contributed by atoms with E-state index >= 15 is 0 Å². The molecule has 1 saturated heterocycles. The molecule has 0 unspecified atom stereocenters. The molecule has 5 nitrogen and oxygen atoms in total. The van der Waals surface area contributed by atoms with E-state index in [9.17, 15) is 14.0 Å². The number of likely N-dealkylation sites (tertiary alicyclic amines) is 1. The summed E-state index contributed by atoms with van der Waals surface area (Å²) in [5.41, 5.74) is 1.86. The number of carbonyl (C=O) groups excluding carboxylic acids is 1. The number of urea groups is 1. The third-order valence-corrected chi connectivity index (χ3v) is 3.74. The Labute approximate surface area is 122 Å². The summed E-state index contributed by atoms with van der Waals surface area (Å²) in [5, 5.41) is 11.8. The summed E-state index contributed by atoms with van der Waals surface area (Å²) in [6, 6.07) is 2.23. The van der Waals surface area contributed by atoms with Gasteiger partial charge in [-0.15, -0.1) is 0 Å². The first-order chi connectivity index (χ1) is 9.90. The Kier molecular flexibility index (Phi) is 4.45. The molecule has 1 aromatic carbocycles. The molecule has 1 fully saturated rings. The number of carboxylic acid groups (broad SMARTS) is 1. The van der Waals surface area contributed by atoms with Gasteiger partial charge in [-0.05, 0) is 43.4 Å². The second-order valence-electron chi connectivity index (χ2n) is 5.39. The van der Waals surface area contributed by atoms with Crippen LogP contribution < -0.4 is 5.32 Å². The second kappa shape index (κ2) is 6.11. The predicted molar refractivity (Wildman–Crippen MR) is 75.5 cm³/mol. The number of aliphatic carboxylic acids is 1. The largest absolute Gasteiger partial charge is 0.480 e. The van der Waals surface area contributed by atoms with E-state index in [1.54, 1.807) is 26.0 Å². The zero-order valence-electron chi connectivity index (χ0n) is 12.1. The van der Waals surface area contributed by atoms with Gasteiger partial charge in [0.1, 0.15) is 11.9 Å². The third kappa shape index (κ3) is 3.32. The Balaban J connectivity index is 2.00. The lowest BCUT2D eigenvalue weighted by Crippen LogP contribution is -2.45. The van der Waals surface area contributed by atoms with E-state index in [-0.39, 0.29) is 18.4 Å². The number of carbonyl (C=O) groups is 2. The SMILES string of the molecule is Cc1cc(CNC(=O)N2CCC[C@@H]2C(=O)O)cc(C)c1F. The molecule has 114 valence electrons. The highest BCUT2D eigenvalue weighted by molar-refractivity contribution is 5.83. The van der Waals surface area contributed by atoms with Crippen LogP contribution in [0.5, 0.6) is 0 Å².